The second-order valence-electron chi connectivity index (χ2n) is 6.61. The fourth-order valence-corrected chi connectivity index (χ4v) is 4.74. The largest absolute Gasteiger partial charge is 0.340 e. The van der Waals surface area contributed by atoms with Gasteiger partial charge in [-0.15, -0.1) is 0 Å². The Hall–Kier alpha value is -2.48. The Morgan fingerprint density at radius 3 is 2.73 bits per heavy atom. The molecule has 0 saturated carbocycles. The predicted octanol–water partition coefficient (Wildman–Crippen LogP) is 1.97. The van der Waals surface area contributed by atoms with Crippen molar-refractivity contribution >= 4 is 27.4 Å². The standard InChI is InChI=1S/C18H22N4O3S/c1-12-5-4-6-15(13(12)2)20-17(23)16-7-9-19-18(21-16)22(3)14-8-10-26(24,25)11-14/h4-7,9,14H,8,10-11H2,1-3H3,(H,20,23). The van der Waals surface area contributed by atoms with Crippen LogP contribution in [0.4, 0.5) is 11.6 Å². The molecule has 0 radical (unpaired) electrons. The second-order valence-corrected chi connectivity index (χ2v) is 8.84. The number of carbonyl (C=O) groups is 1. The van der Waals surface area contributed by atoms with Gasteiger partial charge in [-0.2, -0.15) is 0 Å². The molecule has 0 aliphatic carbocycles. The zero-order valence-electron chi connectivity index (χ0n) is 15.1. The van der Waals surface area contributed by atoms with Gasteiger partial charge in [-0.3, -0.25) is 4.79 Å². The van der Waals surface area contributed by atoms with Crippen molar-refractivity contribution in [3.8, 4) is 0 Å². The Bertz CT molecular complexity index is 943. The molecule has 1 aliphatic rings. The van der Waals surface area contributed by atoms with E-state index in [4.69, 9.17) is 0 Å². The van der Waals surface area contributed by atoms with E-state index in [0.717, 1.165) is 16.8 Å². The maximum atomic E-state index is 12.6. The van der Waals surface area contributed by atoms with Gasteiger partial charge in [0.1, 0.15) is 5.69 Å². The van der Waals surface area contributed by atoms with Crippen LogP contribution in [0.1, 0.15) is 28.0 Å². The minimum absolute atomic E-state index is 0.0891. The summed E-state index contributed by atoms with van der Waals surface area (Å²) in [6.45, 7) is 3.93. The Balaban J connectivity index is 1.78. The number of nitrogens with zero attached hydrogens (tertiary/aromatic N) is 3. The predicted molar refractivity (Wildman–Crippen MR) is 101 cm³/mol. The second kappa shape index (κ2) is 7.03. The minimum Gasteiger partial charge on any atom is -0.340 e. The molecular weight excluding hydrogens is 352 g/mol. The molecule has 0 bridgehead atoms. The molecule has 1 atom stereocenters. The van der Waals surface area contributed by atoms with E-state index in [-0.39, 0.29) is 29.1 Å². The van der Waals surface area contributed by atoms with Gasteiger partial charge in [-0.05, 0) is 43.5 Å². The van der Waals surface area contributed by atoms with Crippen molar-refractivity contribution in [1.29, 1.82) is 0 Å². The molecule has 8 heteroatoms. The van der Waals surface area contributed by atoms with Crippen LogP contribution in [0.5, 0.6) is 0 Å². The third-order valence-corrected chi connectivity index (χ3v) is 6.55. The number of benzene rings is 1. The first kappa shape index (κ1) is 18.3. The molecule has 1 aromatic heterocycles. The Morgan fingerprint density at radius 1 is 1.27 bits per heavy atom. The number of anilines is 2. The molecule has 1 fully saturated rings. The fourth-order valence-electron chi connectivity index (χ4n) is 2.96. The quantitative estimate of drug-likeness (QED) is 0.880. The maximum Gasteiger partial charge on any atom is 0.274 e. The Morgan fingerprint density at radius 2 is 2.04 bits per heavy atom. The van der Waals surface area contributed by atoms with Crippen LogP contribution in [0, 0.1) is 13.8 Å². The van der Waals surface area contributed by atoms with Crippen LogP contribution in [0.3, 0.4) is 0 Å². The number of nitrogens with one attached hydrogen (secondary N) is 1. The summed E-state index contributed by atoms with van der Waals surface area (Å²) >= 11 is 0. The number of hydrogen-bond donors (Lipinski definition) is 1. The normalized spacial score (nSPS) is 18.5. The van der Waals surface area contributed by atoms with E-state index in [1.165, 1.54) is 6.20 Å². The highest BCUT2D eigenvalue weighted by molar-refractivity contribution is 7.91. The topological polar surface area (TPSA) is 92.3 Å². The van der Waals surface area contributed by atoms with Gasteiger partial charge in [0.05, 0.1) is 11.5 Å². The van der Waals surface area contributed by atoms with Gasteiger partial charge in [0.25, 0.3) is 5.91 Å². The Kier molecular flexibility index (Phi) is 4.95. The molecule has 1 unspecified atom stereocenters. The summed E-state index contributed by atoms with van der Waals surface area (Å²) in [5, 5.41) is 2.87. The summed E-state index contributed by atoms with van der Waals surface area (Å²) in [4.78, 5) is 22.8. The zero-order chi connectivity index (χ0) is 18.9. The highest BCUT2D eigenvalue weighted by Crippen LogP contribution is 2.21. The van der Waals surface area contributed by atoms with E-state index in [0.29, 0.717) is 12.4 Å². The monoisotopic (exact) mass is 374 g/mol. The fraction of sp³-hybridized carbons (Fsp3) is 0.389. The van der Waals surface area contributed by atoms with E-state index >= 15 is 0 Å². The van der Waals surface area contributed by atoms with Crippen molar-refractivity contribution in [2.45, 2.75) is 26.3 Å². The molecule has 1 aromatic carbocycles. The van der Waals surface area contributed by atoms with E-state index in [9.17, 15) is 13.2 Å². The zero-order valence-corrected chi connectivity index (χ0v) is 15.9. The smallest absolute Gasteiger partial charge is 0.274 e. The number of aryl methyl sites for hydroxylation is 1. The molecule has 1 amide bonds. The van der Waals surface area contributed by atoms with Crippen molar-refractivity contribution in [1.82, 2.24) is 9.97 Å². The van der Waals surface area contributed by atoms with Crippen molar-refractivity contribution in [3.63, 3.8) is 0 Å². The lowest BCUT2D eigenvalue weighted by molar-refractivity contribution is 0.102. The van der Waals surface area contributed by atoms with E-state index in [2.05, 4.69) is 15.3 Å². The number of carbonyl (C=O) groups excluding carboxylic acids is 1. The third-order valence-electron chi connectivity index (χ3n) is 4.80. The van der Waals surface area contributed by atoms with Gasteiger partial charge in [-0.1, -0.05) is 12.1 Å². The van der Waals surface area contributed by atoms with Crippen LogP contribution in [0.25, 0.3) is 0 Å². The average Bonchev–Trinajstić information content (AvgIpc) is 2.98. The summed E-state index contributed by atoms with van der Waals surface area (Å²) in [6, 6.07) is 7.09. The molecule has 3 rings (SSSR count). The highest BCUT2D eigenvalue weighted by atomic mass is 32.2. The first-order chi connectivity index (χ1) is 12.3. The van der Waals surface area contributed by atoms with Gasteiger partial charge in [0, 0.05) is 25.0 Å². The molecule has 138 valence electrons. The van der Waals surface area contributed by atoms with Crippen molar-refractivity contribution in [2.24, 2.45) is 0 Å². The molecule has 1 saturated heterocycles. The summed E-state index contributed by atoms with van der Waals surface area (Å²) in [7, 11) is -1.24. The SMILES string of the molecule is Cc1cccc(NC(=O)c2ccnc(N(C)C3CCS(=O)(=O)C3)n2)c1C. The summed E-state index contributed by atoms with van der Waals surface area (Å²) in [5.41, 5.74) is 3.07. The van der Waals surface area contributed by atoms with Crippen LogP contribution in [0.15, 0.2) is 30.5 Å². The number of hydrogen-bond acceptors (Lipinski definition) is 6. The van der Waals surface area contributed by atoms with Crippen LogP contribution < -0.4 is 10.2 Å². The molecular formula is C18H22N4O3S. The van der Waals surface area contributed by atoms with Crippen LogP contribution >= 0.6 is 0 Å². The molecule has 1 N–H and O–H groups in total. The number of rotatable bonds is 4. The first-order valence-electron chi connectivity index (χ1n) is 8.41. The number of aromatic nitrogens is 2. The van der Waals surface area contributed by atoms with Crippen molar-refractivity contribution in [2.75, 3.05) is 28.8 Å². The van der Waals surface area contributed by atoms with Gasteiger partial charge >= 0.3 is 0 Å². The van der Waals surface area contributed by atoms with E-state index in [1.807, 2.05) is 32.0 Å². The van der Waals surface area contributed by atoms with Crippen LogP contribution in [0.2, 0.25) is 0 Å². The van der Waals surface area contributed by atoms with E-state index in [1.54, 1.807) is 18.0 Å². The lowest BCUT2D eigenvalue weighted by atomic mass is 10.1. The van der Waals surface area contributed by atoms with Gasteiger partial charge in [-0.25, -0.2) is 18.4 Å². The number of sulfone groups is 1. The van der Waals surface area contributed by atoms with Gasteiger partial charge in [0.2, 0.25) is 5.95 Å². The Labute approximate surface area is 153 Å². The molecule has 1 aliphatic heterocycles. The van der Waals surface area contributed by atoms with Crippen LogP contribution in [-0.4, -0.2) is 48.9 Å². The minimum atomic E-state index is -3.00. The van der Waals surface area contributed by atoms with Gasteiger partial charge < -0.3 is 10.2 Å². The molecule has 2 aromatic rings. The first-order valence-corrected chi connectivity index (χ1v) is 10.2. The van der Waals surface area contributed by atoms with Crippen molar-refractivity contribution < 1.29 is 13.2 Å². The summed E-state index contributed by atoms with van der Waals surface area (Å²) in [6.07, 6.45) is 2.06. The molecule has 7 nitrogen and oxygen atoms in total. The van der Waals surface area contributed by atoms with Crippen molar-refractivity contribution in [3.05, 3.63) is 47.3 Å². The molecule has 26 heavy (non-hydrogen) atoms. The summed E-state index contributed by atoms with van der Waals surface area (Å²) < 4.78 is 23.4. The highest BCUT2D eigenvalue weighted by Gasteiger charge is 2.31. The maximum absolute atomic E-state index is 12.6. The van der Waals surface area contributed by atoms with Crippen LogP contribution in [-0.2, 0) is 9.84 Å². The van der Waals surface area contributed by atoms with E-state index < -0.39 is 9.84 Å². The number of amides is 1. The summed E-state index contributed by atoms with van der Waals surface area (Å²) in [5.74, 6) is 0.288. The lowest BCUT2D eigenvalue weighted by Crippen LogP contribution is -2.34. The van der Waals surface area contributed by atoms with Gasteiger partial charge in [0.15, 0.2) is 9.84 Å². The third kappa shape index (κ3) is 3.85. The average molecular weight is 374 g/mol. The lowest BCUT2D eigenvalue weighted by Gasteiger charge is -2.23. The molecule has 0 spiro atoms. The molecule has 2 heterocycles.